The van der Waals surface area contributed by atoms with E-state index in [9.17, 15) is 8.42 Å². The monoisotopic (exact) mass is 339 g/mol. The summed E-state index contributed by atoms with van der Waals surface area (Å²) >= 11 is 0. The number of aromatic nitrogens is 1. The van der Waals surface area contributed by atoms with Crippen molar-refractivity contribution < 1.29 is 13.2 Å². The highest BCUT2D eigenvalue weighted by atomic mass is 32.2. The number of piperidine rings is 1. The summed E-state index contributed by atoms with van der Waals surface area (Å²) in [6.45, 7) is 4.37. The summed E-state index contributed by atoms with van der Waals surface area (Å²) in [5.41, 5.74) is 0. The highest BCUT2D eigenvalue weighted by Crippen LogP contribution is 2.23. The maximum Gasteiger partial charge on any atom is 0.242 e. The predicted octanol–water partition coefficient (Wildman–Crippen LogP) is 1.25. The predicted molar refractivity (Wildman–Crippen MR) is 87.6 cm³/mol. The largest absolute Gasteiger partial charge is 0.381 e. The van der Waals surface area contributed by atoms with Gasteiger partial charge in [0.05, 0.1) is 0 Å². The van der Waals surface area contributed by atoms with Crippen LogP contribution in [0.2, 0.25) is 0 Å². The van der Waals surface area contributed by atoms with Gasteiger partial charge in [0.25, 0.3) is 0 Å². The number of nitrogens with zero attached hydrogens (tertiary/aromatic N) is 2. The second kappa shape index (κ2) is 7.70. The Hall–Kier alpha value is -1.02. The van der Waals surface area contributed by atoms with Crippen LogP contribution in [0.25, 0.3) is 0 Å². The smallest absolute Gasteiger partial charge is 0.242 e. The molecule has 0 atom stereocenters. The van der Waals surface area contributed by atoms with Gasteiger partial charge in [-0.15, -0.1) is 0 Å². The van der Waals surface area contributed by atoms with Crippen LogP contribution in [0.4, 0.5) is 0 Å². The minimum atomic E-state index is -3.44. The molecule has 2 saturated heterocycles. The molecule has 3 heterocycles. The fraction of sp³-hybridized carbons (Fsp3) is 0.688. The van der Waals surface area contributed by atoms with Crippen molar-refractivity contribution in [1.29, 1.82) is 0 Å². The van der Waals surface area contributed by atoms with Gasteiger partial charge in [-0.2, -0.15) is 0 Å². The topological polar surface area (TPSA) is 71.5 Å². The molecule has 0 saturated carbocycles. The third-order valence-corrected chi connectivity index (χ3v) is 6.27. The van der Waals surface area contributed by atoms with Crippen LogP contribution in [0.3, 0.4) is 0 Å². The van der Waals surface area contributed by atoms with Crippen LogP contribution in [0.1, 0.15) is 25.7 Å². The van der Waals surface area contributed by atoms with Crippen LogP contribution in [0.15, 0.2) is 29.4 Å². The van der Waals surface area contributed by atoms with Gasteiger partial charge in [0.15, 0.2) is 0 Å². The van der Waals surface area contributed by atoms with Gasteiger partial charge in [-0.3, -0.25) is 4.98 Å². The lowest BCUT2D eigenvalue weighted by atomic mass is 9.94. The zero-order valence-corrected chi connectivity index (χ0v) is 14.2. The molecule has 2 fully saturated rings. The van der Waals surface area contributed by atoms with E-state index in [1.165, 1.54) is 6.20 Å². The number of nitrogens with one attached hydrogen (secondary N) is 1. The SMILES string of the molecule is O=S(=O)(NCC1CCN(C2CCOCC2)CC1)c1cccnc1. The number of hydrogen-bond donors (Lipinski definition) is 1. The molecule has 1 N–H and O–H groups in total. The minimum Gasteiger partial charge on any atom is -0.381 e. The van der Waals surface area contributed by atoms with Crippen molar-refractivity contribution in [3.05, 3.63) is 24.5 Å². The molecule has 1 aromatic rings. The normalized spacial score (nSPS) is 22.3. The van der Waals surface area contributed by atoms with Crippen molar-refractivity contribution in [3.63, 3.8) is 0 Å². The van der Waals surface area contributed by atoms with Gasteiger partial charge in [0.1, 0.15) is 4.90 Å². The van der Waals surface area contributed by atoms with Gasteiger partial charge >= 0.3 is 0 Å². The molecule has 0 amide bonds. The van der Waals surface area contributed by atoms with E-state index in [0.29, 0.717) is 18.5 Å². The number of hydrogen-bond acceptors (Lipinski definition) is 5. The van der Waals surface area contributed by atoms with E-state index in [4.69, 9.17) is 4.74 Å². The molecule has 6 nitrogen and oxygen atoms in total. The van der Waals surface area contributed by atoms with E-state index in [-0.39, 0.29) is 4.90 Å². The van der Waals surface area contributed by atoms with Gasteiger partial charge in [-0.25, -0.2) is 13.1 Å². The molecule has 3 rings (SSSR count). The second-order valence-corrected chi connectivity index (χ2v) is 8.13. The van der Waals surface area contributed by atoms with Crippen molar-refractivity contribution in [1.82, 2.24) is 14.6 Å². The van der Waals surface area contributed by atoms with E-state index in [1.54, 1.807) is 18.3 Å². The number of sulfonamides is 1. The lowest BCUT2D eigenvalue weighted by Crippen LogP contribution is -2.45. The van der Waals surface area contributed by atoms with Crippen molar-refractivity contribution in [2.45, 2.75) is 36.6 Å². The summed E-state index contributed by atoms with van der Waals surface area (Å²) in [5.74, 6) is 0.414. The standard InChI is InChI=1S/C16H25N3O3S/c20-23(21,16-2-1-7-17-13-16)18-12-14-3-8-19(9-4-14)15-5-10-22-11-6-15/h1-2,7,13-15,18H,3-6,8-12H2. The Labute approximate surface area is 138 Å². The number of likely N-dealkylation sites (tertiary alicyclic amines) is 1. The molecule has 0 radical (unpaired) electrons. The van der Waals surface area contributed by atoms with Gasteiger partial charge in [-0.05, 0) is 56.8 Å². The van der Waals surface area contributed by atoms with E-state index in [1.807, 2.05) is 0 Å². The Bertz CT molecular complexity index is 580. The lowest BCUT2D eigenvalue weighted by Gasteiger charge is -2.39. The molecule has 0 unspecified atom stereocenters. The first kappa shape index (κ1) is 16.8. The lowest BCUT2D eigenvalue weighted by molar-refractivity contribution is 0.0214. The summed E-state index contributed by atoms with van der Waals surface area (Å²) in [5, 5.41) is 0. The molecule has 0 aromatic carbocycles. The van der Waals surface area contributed by atoms with Crippen molar-refractivity contribution in [2.75, 3.05) is 32.8 Å². The summed E-state index contributed by atoms with van der Waals surface area (Å²) < 4.78 is 32.6. The molecule has 2 aliphatic heterocycles. The van der Waals surface area contributed by atoms with Crippen LogP contribution in [-0.4, -0.2) is 57.2 Å². The summed E-state index contributed by atoms with van der Waals surface area (Å²) in [6, 6.07) is 3.86. The third kappa shape index (κ3) is 4.50. The van der Waals surface area contributed by atoms with Crippen molar-refractivity contribution >= 4 is 10.0 Å². The van der Waals surface area contributed by atoms with Crippen LogP contribution < -0.4 is 4.72 Å². The molecular weight excluding hydrogens is 314 g/mol. The van der Waals surface area contributed by atoms with E-state index >= 15 is 0 Å². The van der Waals surface area contributed by atoms with Gasteiger partial charge in [0, 0.05) is 38.2 Å². The third-order valence-electron chi connectivity index (χ3n) is 4.86. The molecule has 7 heteroatoms. The summed E-state index contributed by atoms with van der Waals surface area (Å²) in [4.78, 5) is 6.66. The van der Waals surface area contributed by atoms with Crippen LogP contribution >= 0.6 is 0 Å². The Kier molecular flexibility index (Phi) is 5.63. The molecular formula is C16H25N3O3S. The molecule has 0 bridgehead atoms. The fourth-order valence-electron chi connectivity index (χ4n) is 3.39. The highest BCUT2D eigenvalue weighted by molar-refractivity contribution is 7.89. The number of pyridine rings is 1. The quantitative estimate of drug-likeness (QED) is 0.874. The zero-order valence-electron chi connectivity index (χ0n) is 13.4. The van der Waals surface area contributed by atoms with E-state index < -0.39 is 10.0 Å². The second-order valence-electron chi connectivity index (χ2n) is 6.36. The molecule has 128 valence electrons. The average molecular weight is 339 g/mol. The molecule has 1 aromatic heterocycles. The molecule has 0 aliphatic carbocycles. The maximum absolute atomic E-state index is 12.2. The first-order chi connectivity index (χ1) is 11.1. The summed E-state index contributed by atoms with van der Waals surface area (Å²) in [6.07, 6.45) is 7.30. The Balaban J connectivity index is 1.46. The number of rotatable bonds is 5. The van der Waals surface area contributed by atoms with E-state index in [2.05, 4.69) is 14.6 Å². The van der Waals surface area contributed by atoms with Gasteiger partial charge in [0.2, 0.25) is 10.0 Å². The fourth-order valence-corrected chi connectivity index (χ4v) is 4.47. The highest BCUT2D eigenvalue weighted by Gasteiger charge is 2.27. The first-order valence-electron chi connectivity index (χ1n) is 8.36. The van der Waals surface area contributed by atoms with Crippen LogP contribution in [-0.2, 0) is 14.8 Å². The number of ether oxygens (including phenoxy) is 1. The molecule has 23 heavy (non-hydrogen) atoms. The Morgan fingerprint density at radius 1 is 1.22 bits per heavy atom. The Morgan fingerprint density at radius 3 is 2.61 bits per heavy atom. The zero-order chi connectivity index (χ0) is 16.1. The van der Waals surface area contributed by atoms with Crippen molar-refractivity contribution in [2.24, 2.45) is 5.92 Å². The molecule has 0 spiro atoms. The molecule has 2 aliphatic rings. The maximum atomic E-state index is 12.2. The Morgan fingerprint density at radius 2 is 1.96 bits per heavy atom. The minimum absolute atomic E-state index is 0.236. The van der Waals surface area contributed by atoms with Gasteiger partial charge in [-0.1, -0.05) is 0 Å². The van der Waals surface area contributed by atoms with Crippen molar-refractivity contribution in [3.8, 4) is 0 Å². The van der Waals surface area contributed by atoms with Crippen LogP contribution in [0.5, 0.6) is 0 Å². The van der Waals surface area contributed by atoms with Gasteiger partial charge < -0.3 is 9.64 Å². The summed E-state index contributed by atoms with van der Waals surface area (Å²) in [7, 11) is -3.44. The van der Waals surface area contributed by atoms with E-state index in [0.717, 1.165) is 52.0 Å². The van der Waals surface area contributed by atoms with Crippen LogP contribution in [0, 0.1) is 5.92 Å². The average Bonchev–Trinajstić information content (AvgIpc) is 2.62. The first-order valence-corrected chi connectivity index (χ1v) is 9.85.